The molecule has 2 bridgehead atoms. The number of aliphatic hydroxyl groups excluding tert-OH is 2. The van der Waals surface area contributed by atoms with Crippen LogP contribution in [0.15, 0.2) is 48.6 Å². The molecule has 40 heavy (non-hydrogen) atoms. The molecule has 4 rings (SSSR count). The Labute approximate surface area is 225 Å². The van der Waals surface area contributed by atoms with E-state index < -0.39 is 72.3 Å². The number of fused-ring (bicyclic) bond motifs is 2. The standard InChI is InChI=1S/C26H24O14/c27-14-5-1-12(9-16(14)29)3-7-19(31)37-11-18-22-23(21(33)24(34)26(39-18,40-22)25(35)36)38-20(32)8-4-13-2-6-15(28)17(30)10-13/h1-10,18,21-24,27-30,33-34H,11H2,(H,35,36)/b7-3+,8-4+/t18-,21+,22+,23+,24?,26+/m0/s1. The maximum atomic E-state index is 12.5. The summed E-state index contributed by atoms with van der Waals surface area (Å²) in [5.41, 5.74) is 0.657. The van der Waals surface area contributed by atoms with Crippen LogP contribution in [0.25, 0.3) is 12.2 Å². The highest BCUT2D eigenvalue weighted by molar-refractivity contribution is 5.88. The van der Waals surface area contributed by atoms with E-state index in [0.29, 0.717) is 11.1 Å². The van der Waals surface area contributed by atoms with Crippen LogP contribution < -0.4 is 0 Å². The van der Waals surface area contributed by atoms with Crippen LogP contribution in [0.3, 0.4) is 0 Å². The highest BCUT2D eigenvalue weighted by atomic mass is 16.8. The van der Waals surface area contributed by atoms with Crippen LogP contribution in [0.5, 0.6) is 23.0 Å². The Balaban J connectivity index is 1.46. The number of rotatable bonds is 8. The Kier molecular flexibility index (Phi) is 7.97. The molecule has 1 unspecified atom stereocenters. The summed E-state index contributed by atoms with van der Waals surface area (Å²) in [5, 5.41) is 68.5. The lowest BCUT2D eigenvalue weighted by atomic mass is 9.93. The van der Waals surface area contributed by atoms with Crippen LogP contribution in [-0.4, -0.2) is 96.6 Å². The largest absolute Gasteiger partial charge is 0.504 e. The van der Waals surface area contributed by atoms with Crippen molar-refractivity contribution < 1.29 is 69.1 Å². The molecule has 2 heterocycles. The zero-order valence-electron chi connectivity index (χ0n) is 20.4. The summed E-state index contributed by atoms with van der Waals surface area (Å²) < 4.78 is 21.1. The fourth-order valence-electron chi connectivity index (χ4n) is 4.11. The van der Waals surface area contributed by atoms with E-state index in [9.17, 15) is 50.1 Å². The predicted octanol–water partition coefficient (Wildman–Crippen LogP) is -0.00910. The minimum atomic E-state index is -2.72. The number of carboxylic acid groups (broad SMARTS) is 1. The maximum Gasteiger partial charge on any atom is 0.367 e. The van der Waals surface area contributed by atoms with Crippen LogP contribution in [0.1, 0.15) is 11.1 Å². The molecule has 2 aliphatic heterocycles. The minimum absolute atomic E-state index is 0.308. The van der Waals surface area contributed by atoms with Crippen molar-refractivity contribution in [2.45, 2.75) is 36.3 Å². The zero-order chi connectivity index (χ0) is 29.2. The number of hydrogen-bond acceptors (Lipinski definition) is 13. The van der Waals surface area contributed by atoms with Crippen molar-refractivity contribution in [3.05, 3.63) is 59.7 Å². The van der Waals surface area contributed by atoms with Crippen molar-refractivity contribution in [2.75, 3.05) is 6.61 Å². The molecule has 14 heteroatoms. The summed E-state index contributed by atoms with van der Waals surface area (Å²) >= 11 is 0. The second kappa shape index (κ2) is 11.2. The first-order valence-corrected chi connectivity index (χ1v) is 11.6. The molecule has 14 nitrogen and oxygen atoms in total. The molecule has 0 saturated carbocycles. The van der Waals surface area contributed by atoms with Gasteiger partial charge in [0.2, 0.25) is 0 Å². The number of aromatic hydroxyl groups is 4. The zero-order valence-corrected chi connectivity index (χ0v) is 20.4. The molecule has 2 aromatic rings. The van der Waals surface area contributed by atoms with Gasteiger partial charge in [-0.2, -0.15) is 0 Å². The summed E-state index contributed by atoms with van der Waals surface area (Å²) in [6, 6.07) is 7.54. The van der Waals surface area contributed by atoms with Crippen LogP contribution in [0, 0.1) is 0 Å². The molecule has 2 saturated heterocycles. The average molecular weight is 560 g/mol. The van der Waals surface area contributed by atoms with E-state index in [0.717, 1.165) is 18.2 Å². The summed E-state index contributed by atoms with van der Waals surface area (Å²) in [7, 11) is 0. The molecule has 0 amide bonds. The number of carboxylic acids is 1. The van der Waals surface area contributed by atoms with Gasteiger partial charge in [0.05, 0.1) is 0 Å². The van der Waals surface area contributed by atoms with Gasteiger partial charge < -0.3 is 54.7 Å². The van der Waals surface area contributed by atoms with Crippen molar-refractivity contribution in [2.24, 2.45) is 0 Å². The molecule has 7 N–H and O–H groups in total. The fourth-order valence-corrected chi connectivity index (χ4v) is 4.11. The number of ether oxygens (including phenoxy) is 4. The summed E-state index contributed by atoms with van der Waals surface area (Å²) in [6.07, 6.45) is -4.29. The van der Waals surface area contributed by atoms with Gasteiger partial charge in [0, 0.05) is 12.2 Å². The average Bonchev–Trinajstić information content (AvgIpc) is 3.28. The van der Waals surface area contributed by atoms with Gasteiger partial charge in [-0.3, -0.25) is 0 Å². The van der Waals surface area contributed by atoms with E-state index in [4.69, 9.17) is 18.9 Å². The first-order valence-electron chi connectivity index (χ1n) is 11.6. The van der Waals surface area contributed by atoms with Gasteiger partial charge in [0.25, 0.3) is 5.79 Å². The second-order valence-electron chi connectivity index (χ2n) is 8.84. The molecule has 0 aromatic heterocycles. The second-order valence-corrected chi connectivity index (χ2v) is 8.84. The number of carbonyl (C=O) groups excluding carboxylic acids is 2. The fraction of sp³-hybridized carbons (Fsp3) is 0.269. The lowest BCUT2D eigenvalue weighted by molar-refractivity contribution is -0.291. The van der Waals surface area contributed by atoms with Crippen molar-refractivity contribution in [1.29, 1.82) is 0 Å². The third-order valence-corrected chi connectivity index (χ3v) is 6.14. The van der Waals surface area contributed by atoms with Crippen LogP contribution >= 0.6 is 0 Å². The van der Waals surface area contributed by atoms with Crippen molar-refractivity contribution in [1.82, 2.24) is 0 Å². The molecule has 2 fully saturated rings. The summed E-state index contributed by atoms with van der Waals surface area (Å²) in [5.74, 6) is -8.03. The number of phenolic OH excluding ortho intramolecular Hbond substituents is 4. The van der Waals surface area contributed by atoms with Crippen molar-refractivity contribution >= 4 is 30.1 Å². The Morgan fingerprint density at radius 2 is 1.38 bits per heavy atom. The number of aliphatic hydroxyl groups is 2. The molecular formula is C26H24O14. The van der Waals surface area contributed by atoms with Crippen molar-refractivity contribution in [3.63, 3.8) is 0 Å². The van der Waals surface area contributed by atoms with Gasteiger partial charge in [-0.1, -0.05) is 12.1 Å². The van der Waals surface area contributed by atoms with E-state index in [1.54, 1.807) is 0 Å². The SMILES string of the molecule is O=C(/C=C/c1ccc(O)c(O)c1)OC[C@@H]1O[C@@]2(C(=O)O)O[C@H]1[C@H](OC(=O)/C=C/c1ccc(O)c(O)c1)[C@@H](O)C2O. The molecule has 212 valence electrons. The molecular weight excluding hydrogens is 536 g/mol. The molecule has 6 atom stereocenters. The summed E-state index contributed by atoms with van der Waals surface area (Å²) in [4.78, 5) is 36.6. The van der Waals surface area contributed by atoms with Crippen LogP contribution in [0.2, 0.25) is 0 Å². The highest BCUT2D eigenvalue weighted by Crippen LogP contribution is 2.42. The molecule has 0 aliphatic carbocycles. The van der Waals surface area contributed by atoms with Gasteiger partial charge in [-0.15, -0.1) is 0 Å². The number of carbonyl (C=O) groups is 3. The van der Waals surface area contributed by atoms with E-state index in [1.165, 1.54) is 42.5 Å². The molecule has 2 aromatic carbocycles. The lowest BCUT2D eigenvalue weighted by Crippen LogP contribution is -2.64. The Morgan fingerprint density at radius 3 is 1.90 bits per heavy atom. The van der Waals surface area contributed by atoms with E-state index in [-0.39, 0.29) is 11.5 Å². The molecule has 2 aliphatic rings. The van der Waals surface area contributed by atoms with Gasteiger partial charge in [0.1, 0.15) is 31.0 Å². The normalized spacial score (nSPS) is 27.6. The number of aliphatic carboxylic acids is 1. The lowest BCUT2D eigenvalue weighted by Gasteiger charge is -2.39. The number of hydrogen-bond donors (Lipinski definition) is 7. The van der Waals surface area contributed by atoms with Gasteiger partial charge >= 0.3 is 17.9 Å². The van der Waals surface area contributed by atoms with E-state index in [2.05, 4.69) is 0 Å². The third-order valence-electron chi connectivity index (χ3n) is 6.14. The minimum Gasteiger partial charge on any atom is -0.504 e. The monoisotopic (exact) mass is 560 g/mol. The van der Waals surface area contributed by atoms with Crippen LogP contribution in [0.4, 0.5) is 0 Å². The third kappa shape index (κ3) is 5.69. The number of esters is 2. The smallest absolute Gasteiger partial charge is 0.367 e. The molecule has 0 radical (unpaired) electrons. The van der Waals surface area contributed by atoms with E-state index in [1.807, 2.05) is 0 Å². The van der Waals surface area contributed by atoms with E-state index >= 15 is 0 Å². The Bertz CT molecular complexity index is 1360. The Hall–Kier alpha value is -4.63. The predicted molar refractivity (Wildman–Crippen MR) is 131 cm³/mol. The van der Waals surface area contributed by atoms with Gasteiger partial charge in [-0.05, 0) is 47.5 Å². The maximum absolute atomic E-state index is 12.5. The van der Waals surface area contributed by atoms with Crippen LogP contribution in [-0.2, 0) is 33.3 Å². The summed E-state index contributed by atoms with van der Waals surface area (Å²) in [6.45, 7) is -0.625. The highest BCUT2D eigenvalue weighted by Gasteiger charge is 2.68. The van der Waals surface area contributed by atoms with Crippen molar-refractivity contribution in [3.8, 4) is 23.0 Å². The first-order chi connectivity index (χ1) is 18.9. The quantitative estimate of drug-likeness (QED) is 0.128. The molecule has 0 spiro atoms. The van der Waals surface area contributed by atoms with Gasteiger partial charge in [0.15, 0.2) is 29.1 Å². The van der Waals surface area contributed by atoms with Gasteiger partial charge in [-0.25, -0.2) is 14.4 Å². The number of phenols is 4. The Morgan fingerprint density at radius 1 is 0.825 bits per heavy atom. The first kappa shape index (κ1) is 28.4. The number of benzene rings is 2. The topological polar surface area (TPSA) is 230 Å².